The molecule has 1 nitrogen and oxygen atoms in total. The molecule has 0 bridgehead atoms. The Morgan fingerprint density at radius 3 is 2.38 bits per heavy atom. The number of aryl methyl sites for hydroxylation is 1. The Morgan fingerprint density at radius 2 is 1.66 bits per heavy atom. The van der Waals surface area contributed by atoms with Crippen LogP contribution in [0.15, 0.2) is 118 Å². The number of hydrogen-bond acceptors (Lipinski definition) is 1. The molecule has 0 atom stereocenters. The van der Waals surface area contributed by atoms with E-state index in [4.69, 9.17) is 0 Å². The molecule has 4 rings (SSSR count). The zero-order valence-electron chi connectivity index (χ0n) is 19.7. The van der Waals surface area contributed by atoms with Crippen molar-refractivity contribution in [3.8, 4) is 0 Å². The summed E-state index contributed by atoms with van der Waals surface area (Å²) in [5, 5.41) is 3.55. The van der Waals surface area contributed by atoms with Crippen LogP contribution in [0.3, 0.4) is 0 Å². The summed E-state index contributed by atoms with van der Waals surface area (Å²) in [6, 6.07) is 8.59. The molecule has 0 aromatic heterocycles. The molecular formula is C31H35N. The topological polar surface area (TPSA) is 12.0 Å². The van der Waals surface area contributed by atoms with Crippen molar-refractivity contribution in [1.29, 1.82) is 0 Å². The highest BCUT2D eigenvalue weighted by Gasteiger charge is 2.13. The number of rotatable bonds is 6. The van der Waals surface area contributed by atoms with Crippen molar-refractivity contribution in [1.82, 2.24) is 0 Å². The molecule has 0 radical (unpaired) electrons. The Kier molecular flexibility index (Phi) is 7.27. The molecule has 0 saturated heterocycles. The van der Waals surface area contributed by atoms with Crippen LogP contribution in [-0.4, -0.2) is 0 Å². The monoisotopic (exact) mass is 421 g/mol. The normalized spacial score (nSPS) is 19.5. The van der Waals surface area contributed by atoms with E-state index in [0.717, 1.165) is 37.8 Å². The molecule has 164 valence electrons. The Morgan fingerprint density at radius 1 is 0.844 bits per heavy atom. The summed E-state index contributed by atoms with van der Waals surface area (Å²) >= 11 is 0. The fraction of sp³-hybridized carbons (Fsp3) is 0.290. The van der Waals surface area contributed by atoms with Gasteiger partial charge in [-0.3, -0.25) is 0 Å². The maximum atomic E-state index is 3.55. The lowest BCUT2D eigenvalue weighted by molar-refractivity contribution is 0.928. The number of nitrogens with one attached hydrogen (secondary N) is 1. The van der Waals surface area contributed by atoms with Crippen LogP contribution in [0.2, 0.25) is 0 Å². The summed E-state index contributed by atoms with van der Waals surface area (Å²) in [7, 11) is 0. The third-order valence-corrected chi connectivity index (χ3v) is 6.35. The molecule has 0 amide bonds. The minimum atomic E-state index is 1.04. The van der Waals surface area contributed by atoms with Crippen molar-refractivity contribution in [3.05, 3.63) is 124 Å². The molecule has 1 heteroatoms. The lowest BCUT2D eigenvalue weighted by atomic mass is 9.86. The van der Waals surface area contributed by atoms with E-state index in [-0.39, 0.29) is 0 Å². The highest BCUT2D eigenvalue weighted by molar-refractivity contribution is 5.57. The first-order valence-electron chi connectivity index (χ1n) is 11.9. The zero-order valence-corrected chi connectivity index (χ0v) is 19.7. The van der Waals surface area contributed by atoms with Gasteiger partial charge in [0.25, 0.3) is 0 Å². The van der Waals surface area contributed by atoms with Crippen LogP contribution >= 0.6 is 0 Å². The van der Waals surface area contributed by atoms with E-state index in [1.165, 1.54) is 51.1 Å². The van der Waals surface area contributed by atoms with Crippen molar-refractivity contribution < 1.29 is 0 Å². The van der Waals surface area contributed by atoms with E-state index >= 15 is 0 Å². The van der Waals surface area contributed by atoms with Crippen LogP contribution in [0.4, 0.5) is 5.69 Å². The summed E-state index contributed by atoms with van der Waals surface area (Å²) in [5.74, 6) is 0. The van der Waals surface area contributed by atoms with E-state index in [1.807, 2.05) is 0 Å². The molecule has 1 aromatic carbocycles. The maximum Gasteiger partial charge on any atom is 0.0381 e. The summed E-state index contributed by atoms with van der Waals surface area (Å²) < 4.78 is 0. The van der Waals surface area contributed by atoms with Gasteiger partial charge in [0.05, 0.1) is 0 Å². The minimum absolute atomic E-state index is 1.04. The van der Waals surface area contributed by atoms with E-state index in [9.17, 15) is 0 Å². The fourth-order valence-electron chi connectivity index (χ4n) is 4.49. The molecule has 1 N–H and O–H groups in total. The third kappa shape index (κ3) is 6.01. The number of anilines is 1. The van der Waals surface area contributed by atoms with Crippen LogP contribution in [0, 0.1) is 6.92 Å². The first kappa shape index (κ1) is 22.1. The lowest BCUT2D eigenvalue weighted by Crippen LogP contribution is -2.02. The second kappa shape index (κ2) is 10.5. The van der Waals surface area contributed by atoms with Gasteiger partial charge in [0.1, 0.15) is 0 Å². The highest BCUT2D eigenvalue weighted by atomic mass is 14.9. The van der Waals surface area contributed by atoms with Gasteiger partial charge < -0.3 is 5.32 Å². The van der Waals surface area contributed by atoms with Crippen molar-refractivity contribution >= 4 is 5.69 Å². The summed E-state index contributed by atoms with van der Waals surface area (Å²) in [6.07, 6.45) is 27.5. The van der Waals surface area contributed by atoms with E-state index < -0.39 is 0 Å². The smallest absolute Gasteiger partial charge is 0.0381 e. The van der Waals surface area contributed by atoms with Crippen LogP contribution in [0.5, 0.6) is 0 Å². The van der Waals surface area contributed by atoms with Crippen molar-refractivity contribution in [2.45, 2.75) is 59.3 Å². The van der Waals surface area contributed by atoms with Crippen molar-refractivity contribution in [2.75, 3.05) is 5.32 Å². The molecule has 3 aliphatic carbocycles. The first-order valence-corrected chi connectivity index (χ1v) is 11.9. The lowest BCUT2D eigenvalue weighted by Gasteiger charge is -2.19. The Balaban J connectivity index is 1.50. The van der Waals surface area contributed by atoms with Gasteiger partial charge in [-0.1, -0.05) is 77.5 Å². The summed E-state index contributed by atoms with van der Waals surface area (Å²) in [4.78, 5) is 0. The molecule has 0 heterocycles. The van der Waals surface area contributed by atoms with Gasteiger partial charge in [-0.25, -0.2) is 0 Å². The molecule has 0 aliphatic heterocycles. The summed E-state index contributed by atoms with van der Waals surface area (Å²) in [6.45, 7) is 6.59. The van der Waals surface area contributed by atoms with Crippen LogP contribution < -0.4 is 5.32 Å². The molecule has 0 saturated carbocycles. The van der Waals surface area contributed by atoms with E-state index in [2.05, 4.69) is 105 Å². The Bertz CT molecular complexity index is 1090. The molecule has 32 heavy (non-hydrogen) atoms. The fourth-order valence-corrected chi connectivity index (χ4v) is 4.49. The van der Waals surface area contributed by atoms with Gasteiger partial charge >= 0.3 is 0 Å². The van der Waals surface area contributed by atoms with Crippen molar-refractivity contribution in [2.24, 2.45) is 0 Å². The third-order valence-electron chi connectivity index (χ3n) is 6.35. The number of allylic oxidation sites excluding steroid dienone is 16. The van der Waals surface area contributed by atoms with E-state index in [0.29, 0.717) is 0 Å². The second-order valence-corrected chi connectivity index (χ2v) is 9.21. The van der Waals surface area contributed by atoms with Gasteiger partial charge in [0, 0.05) is 11.4 Å². The van der Waals surface area contributed by atoms with Crippen molar-refractivity contribution in [3.63, 3.8) is 0 Å². The Labute approximate surface area is 194 Å². The van der Waals surface area contributed by atoms with Gasteiger partial charge in [0.15, 0.2) is 0 Å². The van der Waals surface area contributed by atoms with Gasteiger partial charge in [0.2, 0.25) is 0 Å². The largest absolute Gasteiger partial charge is 0.359 e. The standard InChI is InChI=1S/C31H35N/c1-23-13-17-29(18-14-23)32-30-19-15-26(16-20-30)9-6-12-31(27-10-4-7-24(2)21-27)28-11-5-8-25(3)22-28/h6-7,9,11-15,17-19,21-22,32H,4-5,8,10,16,20H2,1-3H3. The SMILES string of the molecule is CC1=CCCC(C(=CC=CC2=CC=C(Nc3ccc(C)cc3)CC2)C2=CCCC(C)=C2)=C1. The summed E-state index contributed by atoms with van der Waals surface area (Å²) in [5.41, 5.74) is 12.2. The van der Waals surface area contributed by atoms with E-state index in [1.54, 1.807) is 0 Å². The molecule has 0 unspecified atom stereocenters. The van der Waals surface area contributed by atoms with Crippen LogP contribution in [0.1, 0.15) is 57.9 Å². The molecule has 0 spiro atoms. The molecule has 1 aromatic rings. The highest BCUT2D eigenvalue weighted by Crippen LogP contribution is 2.32. The number of hydrogen-bond donors (Lipinski definition) is 1. The molecule has 3 aliphatic rings. The predicted molar refractivity (Wildman–Crippen MR) is 140 cm³/mol. The second-order valence-electron chi connectivity index (χ2n) is 9.21. The number of benzene rings is 1. The minimum Gasteiger partial charge on any atom is -0.359 e. The average molecular weight is 422 g/mol. The van der Waals surface area contributed by atoms with Gasteiger partial charge in [-0.2, -0.15) is 0 Å². The van der Waals surface area contributed by atoms with Crippen LogP contribution in [-0.2, 0) is 0 Å². The maximum absolute atomic E-state index is 3.55. The quantitative estimate of drug-likeness (QED) is 0.452. The first-order chi connectivity index (χ1) is 15.6. The van der Waals surface area contributed by atoms with Gasteiger partial charge in [-0.15, -0.1) is 0 Å². The molecular weight excluding hydrogens is 386 g/mol. The molecule has 0 fully saturated rings. The average Bonchev–Trinajstić information content (AvgIpc) is 2.79. The predicted octanol–water partition coefficient (Wildman–Crippen LogP) is 8.83. The van der Waals surface area contributed by atoms with Crippen LogP contribution in [0.25, 0.3) is 0 Å². The Hall–Kier alpha value is -3.06. The zero-order chi connectivity index (χ0) is 22.3. The van der Waals surface area contributed by atoms with Gasteiger partial charge in [-0.05, 0) is 99.8 Å².